The lowest BCUT2D eigenvalue weighted by molar-refractivity contribution is -0.121. The monoisotopic (exact) mass is 351 g/mol. The molecule has 2 aromatic rings. The summed E-state index contributed by atoms with van der Waals surface area (Å²) in [5, 5.41) is 0. The summed E-state index contributed by atoms with van der Waals surface area (Å²) in [7, 11) is 1.73. The first-order valence-electron chi connectivity index (χ1n) is 9.01. The predicted molar refractivity (Wildman–Crippen MR) is 106 cm³/mol. The molecular formula is C21H25N3O2. The van der Waals surface area contributed by atoms with Crippen molar-refractivity contribution in [3.8, 4) is 0 Å². The van der Waals surface area contributed by atoms with Crippen LogP contribution in [0, 0.1) is 0 Å². The molecule has 1 aliphatic heterocycles. The van der Waals surface area contributed by atoms with Gasteiger partial charge in [0.2, 0.25) is 11.8 Å². The smallest absolute Gasteiger partial charge is 0.246 e. The molecule has 0 saturated carbocycles. The van der Waals surface area contributed by atoms with Gasteiger partial charge >= 0.3 is 0 Å². The standard InChI is InChI=1S/C21H25N3O2/c1-17(25)24(16-21(26)22(2)18-8-4-3-5-9-18)20-12-10-19(11-13-20)23-14-6-7-15-23/h3-5,8-13H,6-7,14-16H2,1-2H3. The Morgan fingerprint density at radius 3 is 2.12 bits per heavy atom. The van der Waals surface area contributed by atoms with Crippen LogP contribution in [0.3, 0.4) is 0 Å². The van der Waals surface area contributed by atoms with E-state index in [0.29, 0.717) is 0 Å². The highest BCUT2D eigenvalue weighted by Gasteiger charge is 2.20. The first kappa shape index (κ1) is 18.0. The number of carbonyl (C=O) groups excluding carboxylic acids is 2. The Morgan fingerprint density at radius 1 is 0.923 bits per heavy atom. The van der Waals surface area contributed by atoms with E-state index >= 15 is 0 Å². The largest absolute Gasteiger partial charge is 0.372 e. The number of nitrogens with zero attached hydrogens (tertiary/aromatic N) is 3. The van der Waals surface area contributed by atoms with Gasteiger partial charge in [-0.2, -0.15) is 0 Å². The van der Waals surface area contributed by atoms with Gasteiger partial charge in [-0.1, -0.05) is 18.2 Å². The number of hydrogen-bond donors (Lipinski definition) is 0. The minimum Gasteiger partial charge on any atom is -0.372 e. The highest BCUT2D eigenvalue weighted by Crippen LogP contribution is 2.24. The maximum Gasteiger partial charge on any atom is 0.246 e. The molecule has 1 aliphatic rings. The zero-order chi connectivity index (χ0) is 18.5. The van der Waals surface area contributed by atoms with E-state index in [1.54, 1.807) is 11.9 Å². The van der Waals surface area contributed by atoms with Gasteiger partial charge in [0.1, 0.15) is 6.54 Å². The van der Waals surface area contributed by atoms with E-state index < -0.39 is 0 Å². The Kier molecular flexibility index (Phi) is 5.56. The molecule has 5 nitrogen and oxygen atoms in total. The molecule has 2 aromatic carbocycles. The fraction of sp³-hybridized carbons (Fsp3) is 0.333. The van der Waals surface area contributed by atoms with Gasteiger partial charge in [0.15, 0.2) is 0 Å². The van der Waals surface area contributed by atoms with Crippen molar-refractivity contribution in [1.82, 2.24) is 0 Å². The SMILES string of the molecule is CC(=O)N(CC(=O)N(C)c1ccccc1)c1ccc(N2CCCC2)cc1. The third-order valence-electron chi connectivity index (χ3n) is 4.82. The topological polar surface area (TPSA) is 43.9 Å². The number of rotatable bonds is 5. The van der Waals surface area contributed by atoms with Crippen LogP contribution in [0.4, 0.5) is 17.1 Å². The summed E-state index contributed by atoms with van der Waals surface area (Å²) in [4.78, 5) is 30.2. The maximum atomic E-state index is 12.6. The van der Waals surface area contributed by atoms with E-state index in [-0.39, 0.29) is 18.4 Å². The lowest BCUT2D eigenvalue weighted by Crippen LogP contribution is -2.40. The molecule has 0 unspecified atom stereocenters. The van der Waals surface area contributed by atoms with Gasteiger partial charge < -0.3 is 14.7 Å². The molecule has 0 aliphatic carbocycles. The molecule has 1 heterocycles. The van der Waals surface area contributed by atoms with E-state index in [1.807, 2.05) is 54.6 Å². The van der Waals surface area contributed by atoms with Crippen LogP contribution in [0.1, 0.15) is 19.8 Å². The average Bonchev–Trinajstić information content (AvgIpc) is 3.20. The lowest BCUT2D eigenvalue weighted by atomic mass is 10.2. The highest BCUT2D eigenvalue weighted by molar-refractivity contribution is 6.02. The second kappa shape index (κ2) is 8.04. The molecule has 0 radical (unpaired) electrons. The van der Waals surface area contributed by atoms with Gasteiger partial charge in [-0.15, -0.1) is 0 Å². The van der Waals surface area contributed by atoms with Gasteiger partial charge in [-0.05, 0) is 49.2 Å². The normalized spacial score (nSPS) is 13.5. The molecule has 0 aromatic heterocycles. The molecule has 1 saturated heterocycles. The number of amides is 2. The quantitative estimate of drug-likeness (QED) is 0.830. The minimum atomic E-state index is -0.145. The van der Waals surface area contributed by atoms with Crippen LogP contribution in [0.15, 0.2) is 54.6 Å². The highest BCUT2D eigenvalue weighted by atomic mass is 16.2. The summed E-state index contributed by atoms with van der Waals surface area (Å²) in [6.45, 7) is 3.67. The summed E-state index contributed by atoms with van der Waals surface area (Å²) in [6.07, 6.45) is 2.45. The van der Waals surface area contributed by atoms with E-state index in [9.17, 15) is 9.59 Å². The summed E-state index contributed by atoms with van der Waals surface area (Å²) >= 11 is 0. The zero-order valence-corrected chi connectivity index (χ0v) is 15.4. The average molecular weight is 351 g/mol. The van der Waals surface area contributed by atoms with E-state index in [4.69, 9.17) is 0 Å². The molecule has 0 bridgehead atoms. The van der Waals surface area contributed by atoms with Crippen LogP contribution in [-0.4, -0.2) is 38.5 Å². The Labute approximate surface area is 154 Å². The first-order chi connectivity index (χ1) is 12.6. The molecule has 0 atom stereocenters. The van der Waals surface area contributed by atoms with Crippen molar-refractivity contribution in [2.24, 2.45) is 0 Å². The number of carbonyl (C=O) groups is 2. The number of benzene rings is 2. The summed E-state index contributed by atoms with van der Waals surface area (Å²) in [6, 6.07) is 17.3. The van der Waals surface area contributed by atoms with Gasteiger partial charge in [-0.25, -0.2) is 0 Å². The molecule has 0 N–H and O–H groups in total. The third-order valence-corrected chi connectivity index (χ3v) is 4.82. The molecule has 26 heavy (non-hydrogen) atoms. The fourth-order valence-corrected chi connectivity index (χ4v) is 3.24. The van der Waals surface area contributed by atoms with Gasteiger partial charge in [0.25, 0.3) is 0 Å². The second-order valence-corrected chi connectivity index (χ2v) is 6.60. The third kappa shape index (κ3) is 4.04. The predicted octanol–water partition coefficient (Wildman–Crippen LogP) is 3.30. The molecule has 1 fully saturated rings. The Bertz CT molecular complexity index is 753. The molecule has 3 rings (SSSR count). The summed E-state index contributed by atoms with van der Waals surface area (Å²) in [5.74, 6) is -0.274. The molecule has 0 spiro atoms. The van der Waals surface area contributed by atoms with Crippen molar-refractivity contribution < 1.29 is 9.59 Å². The van der Waals surface area contributed by atoms with Crippen LogP contribution in [0.2, 0.25) is 0 Å². The Balaban J connectivity index is 1.72. The van der Waals surface area contributed by atoms with Crippen LogP contribution >= 0.6 is 0 Å². The van der Waals surface area contributed by atoms with Crippen molar-refractivity contribution in [2.45, 2.75) is 19.8 Å². The molecule has 2 amide bonds. The van der Waals surface area contributed by atoms with Crippen LogP contribution < -0.4 is 14.7 Å². The van der Waals surface area contributed by atoms with E-state index in [2.05, 4.69) is 4.90 Å². The Morgan fingerprint density at radius 2 is 1.54 bits per heavy atom. The van der Waals surface area contributed by atoms with Crippen LogP contribution in [0.5, 0.6) is 0 Å². The molecule has 136 valence electrons. The molecular weight excluding hydrogens is 326 g/mol. The number of hydrogen-bond acceptors (Lipinski definition) is 3. The minimum absolute atomic E-state index is 0.0176. The van der Waals surface area contributed by atoms with Crippen molar-refractivity contribution in [3.63, 3.8) is 0 Å². The number of para-hydroxylation sites is 1. The number of likely N-dealkylation sites (N-methyl/N-ethyl adjacent to an activating group) is 1. The van der Waals surface area contributed by atoms with E-state index in [1.165, 1.54) is 30.4 Å². The van der Waals surface area contributed by atoms with Crippen LogP contribution in [-0.2, 0) is 9.59 Å². The lowest BCUT2D eigenvalue weighted by Gasteiger charge is -2.25. The van der Waals surface area contributed by atoms with Crippen molar-refractivity contribution in [2.75, 3.05) is 41.4 Å². The zero-order valence-electron chi connectivity index (χ0n) is 15.4. The summed E-state index contributed by atoms with van der Waals surface area (Å²) < 4.78 is 0. The maximum absolute atomic E-state index is 12.6. The van der Waals surface area contributed by atoms with Gasteiger partial charge in [0.05, 0.1) is 0 Å². The summed E-state index contributed by atoms with van der Waals surface area (Å²) in [5.41, 5.74) is 2.73. The molecule has 5 heteroatoms. The Hall–Kier alpha value is -2.82. The van der Waals surface area contributed by atoms with Crippen molar-refractivity contribution >= 4 is 28.9 Å². The van der Waals surface area contributed by atoms with Crippen molar-refractivity contribution in [1.29, 1.82) is 0 Å². The van der Waals surface area contributed by atoms with E-state index in [0.717, 1.165) is 24.5 Å². The fourth-order valence-electron chi connectivity index (χ4n) is 3.24. The number of anilines is 3. The van der Waals surface area contributed by atoms with Gasteiger partial charge in [0, 0.05) is 44.1 Å². The van der Waals surface area contributed by atoms with Gasteiger partial charge in [-0.3, -0.25) is 9.59 Å². The van der Waals surface area contributed by atoms with Crippen LogP contribution in [0.25, 0.3) is 0 Å². The first-order valence-corrected chi connectivity index (χ1v) is 9.01. The second-order valence-electron chi connectivity index (χ2n) is 6.60. The van der Waals surface area contributed by atoms with Crippen molar-refractivity contribution in [3.05, 3.63) is 54.6 Å².